The monoisotopic (exact) mass is 401 g/mol. The Kier molecular flexibility index (Phi) is 17.0. The van der Waals surface area contributed by atoms with Gasteiger partial charge in [-0.25, -0.2) is 0 Å². The van der Waals surface area contributed by atoms with Crippen molar-refractivity contribution in [2.45, 2.75) is 79.3 Å². The van der Waals surface area contributed by atoms with Crippen LogP contribution in [0.25, 0.3) is 0 Å². The molecule has 0 spiro atoms. The van der Waals surface area contributed by atoms with Crippen molar-refractivity contribution in [3.8, 4) is 0 Å². The van der Waals surface area contributed by atoms with E-state index in [1.165, 1.54) is 90.9 Å². The summed E-state index contributed by atoms with van der Waals surface area (Å²) in [6, 6.07) is 0. The lowest BCUT2D eigenvalue weighted by atomic mass is 10.2. The van der Waals surface area contributed by atoms with Crippen LogP contribution < -0.4 is 0 Å². The van der Waals surface area contributed by atoms with Gasteiger partial charge in [-0.05, 0) is 104 Å². The predicted molar refractivity (Wildman–Crippen MR) is 124 cm³/mol. The minimum atomic E-state index is -1.56. The molecule has 27 heavy (non-hydrogen) atoms. The second-order valence-corrected chi connectivity index (χ2v) is 12.9. The van der Waals surface area contributed by atoms with E-state index in [-0.39, 0.29) is 0 Å². The van der Waals surface area contributed by atoms with Gasteiger partial charge in [0, 0.05) is 13.3 Å². The molecule has 0 saturated carbocycles. The molecule has 5 heteroatoms. The highest BCUT2D eigenvalue weighted by molar-refractivity contribution is 6.71. The summed E-state index contributed by atoms with van der Waals surface area (Å²) in [6.45, 7) is 23.8. The van der Waals surface area contributed by atoms with E-state index < -0.39 is 8.32 Å². The Bertz CT molecular complexity index is 295. The summed E-state index contributed by atoms with van der Waals surface area (Å²) in [6.07, 6.45) is 8.77. The summed E-state index contributed by atoms with van der Waals surface area (Å²) in [7, 11) is 0.345. The van der Waals surface area contributed by atoms with Crippen molar-refractivity contribution in [1.29, 1.82) is 0 Å². The Balaban J connectivity index is 4.50. The van der Waals surface area contributed by atoms with Crippen molar-refractivity contribution in [2.24, 2.45) is 0 Å². The van der Waals surface area contributed by atoms with E-state index in [2.05, 4.69) is 55.5 Å². The quantitative estimate of drug-likeness (QED) is 0.292. The molecule has 0 aromatic rings. The number of nitrogens with zero attached hydrogens (tertiary/aromatic N) is 3. The van der Waals surface area contributed by atoms with Crippen molar-refractivity contribution in [3.05, 3.63) is 0 Å². The van der Waals surface area contributed by atoms with Crippen LogP contribution in [-0.2, 0) is 4.43 Å². The van der Waals surface area contributed by atoms with Crippen LogP contribution in [0, 0.1) is 0 Å². The van der Waals surface area contributed by atoms with Gasteiger partial charge in [-0.1, -0.05) is 27.7 Å². The third-order valence-corrected chi connectivity index (χ3v) is 7.53. The standard InChI is InChI=1S/C22H51N3OSi/c1-8-14-23(15-9-2)18-12-20-25(22-27(6,7)26-5)21-13-19-24(16-10-3)17-11-4/h8-22H2,1-7H3. The molecule has 0 aromatic heterocycles. The second-order valence-electron chi connectivity index (χ2n) is 8.63. The fraction of sp³-hybridized carbons (Fsp3) is 1.00. The highest BCUT2D eigenvalue weighted by Gasteiger charge is 2.24. The van der Waals surface area contributed by atoms with Gasteiger partial charge in [0.1, 0.15) is 0 Å². The van der Waals surface area contributed by atoms with E-state index in [1.54, 1.807) is 0 Å². The van der Waals surface area contributed by atoms with Crippen molar-refractivity contribution in [1.82, 2.24) is 14.7 Å². The van der Waals surface area contributed by atoms with E-state index >= 15 is 0 Å². The maximum Gasteiger partial charge on any atom is 0.199 e. The highest BCUT2D eigenvalue weighted by Crippen LogP contribution is 2.09. The van der Waals surface area contributed by atoms with E-state index in [0.717, 1.165) is 6.17 Å². The maximum atomic E-state index is 5.85. The molecule has 164 valence electrons. The SMILES string of the molecule is CCCN(CCC)CCCN(CCCN(CCC)CCC)C[Si](C)(C)OC. The molecule has 4 nitrogen and oxygen atoms in total. The molecule has 0 atom stereocenters. The smallest absolute Gasteiger partial charge is 0.199 e. The highest BCUT2D eigenvalue weighted by atomic mass is 28.4. The first-order chi connectivity index (χ1) is 12.9. The topological polar surface area (TPSA) is 19.0 Å². The van der Waals surface area contributed by atoms with Gasteiger partial charge in [0.25, 0.3) is 0 Å². The first kappa shape index (κ1) is 27.1. The van der Waals surface area contributed by atoms with Gasteiger partial charge in [0.2, 0.25) is 0 Å². The minimum Gasteiger partial charge on any atom is -0.419 e. The lowest BCUT2D eigenvalue weighted by Crippen LogP contribution is -2.46. The molecule has 0 aliphatic carbocycles. The molecule has 0 amide bonds. The van der Waals surface area contributed by atoms with Crippen LogP contribution in [0.15, 0.2) is 0 Å². The Morgan fingerprint density at radius 3 is 1.19 bits per heavy atom. The maximum absolute atomic E-state index is 5.85. The Morgan fingerprint density at radius 1 is 0.556 bits per heavy atom. The predicted octanol–water partition coefficient (Wildman–Crippen LogP) is 4.70. The van der Waals surface area contributed by atoms with Gasteiger partial charge in [-0.2, -0.15) is 0 Å². The molecule has 0 aromatic carbocycles. The van der Waals surface area contributed by atoms with E-state index in [9.17, 15) is 0 Å². The average molecular weight is 402 g/mol. The lowest BCUT2D eigenvalue weighted by Gasteiger charge is -2.31. The summed E-state index contributed by atoms with van der Waals surface area (Å²) >= 11 is 0. The van der Waals surface area contributed by atoms with Crippen LogP contribution in [0.2, 0.25) is 13.1 Å². The molecule has 0 bridgehead atoms. The summed E-state index contributed by atoms with van der Waals surface area (Å²) in [5.41, 5.74) is 0. The van der Waals surface area contributed by atoms with Crippen LogP contribution in [0.1, 0.15) is 66.2 Å². The average Bonchev–Trinajstić information content (AvgIpc) is 2.62. The zero-order valence-electron chi connectivity index (χ0n) is 19.9. The lowest BCUT2D eigenvalue weighted by molar-refractivity contribution is 0.215. The van der Waals surface area contributed by atoms with Crippen LogP contribution >= 0.6 is 0 Å². The largest absolute Gasteiger partial charge is 0.419 e. The van der Waals surface area contributed by atoms with Crippen LogP contribution in [0.3, 0.4) is 0 Å². The van der Waals surface area contributed by atoms with Gasteiger partial charge in [0.15, 0.2) is 8.32 Å². The normalized spacial score (nSPS) is 12.7. The molecule has 0 heterocycles. The molecule has 0 N–H and O–H groups in total. The summed E-state index contributed by atoms with van der Waals surface area (Å²) in [5.74, 6) is 0. The van der Waals surface area contributed by atoms with Gasteiger partial charge in [-0.15, -0.1) is 0 Å². The molecule has 0 aliphatic rings. The fourth-order valence-electron chi connectivity index (χ4n) is 3.84. The Morgan fingerprint density at radius 2 is 0.889 bits per heavy atom. The molecule has 0 aliphatic heterocycles. The van der Waals surface area contributed by atoms with E-state index in [0.29, 0.717) is 0 Å². The van der Waals surface area contributed by atoms with E-state index in [1.807, 2.05) is 7.11 Å². The van der Waals surface area contributed by atoms with Gasteiger partial charge in [-0.3, -0.25) is 0 Å². The van der Waals surface area contributed by atoms with Crippen molar-refractivity contribution in [2.75, 3.05) is 65.6 Å². The molecule has 0 fully saturated rings. The third-order valence-electron chi connectivity index (χ3n) is 5.21. The van der Waals surface area contributed by atoms with Crippen molar-refractivity contribution >= 4 is 8.32 Å². The third kappa shape index (κ3) is 14.7. The van der Waals surface area contributed by atoms with Gasteiger partial charge < -0.3 is 19.1 Å². The van der Waals surface area contributed by atoms with Crippen molar-refractivity contribution < 1.29 is 4.43 Å². The molecular weight excluding hydrogens is 350 g/mol. The minimum absolute atomic E-state index is 1.16. The molecule has 0 radical (unpaired) electrons. The first-order valence-electron chi connectivity index (χ1n) is 11.6. The fourth-order valence-corrected chi connectivity index (χ4v) is 5.37. The van der Waals surface area contributed by atoms with E-state index in [4.69, 9.17) is 4.43 Å². The second kappa shape index (κ2) is 17.0. The number of rotatable bonds is 19. The summed E-state index contributed by atoms with van der Waals surface area (Å²) in [5, 5.41) is 0. The Hall–Kier alpha value is 0.0569. The zero-order valence-corrected chi connectivity index (χ0v) is 20.9. The van der Waals surface area contributed by atoms with Crippen LogP contribution in [0.5, 0.6) is 0 Å². The van der Waals surface area contributed by atoms with Crippen molar-refractivity contribution in [3.63, 3.8) is 0 Å². The first-order valence-corrected chi connectivity index (χ1v) is 14.8. The number of hydrogen-bond acceptors (Lipinski definition) is 4. The molecule has 0 rings (SSSR count). The molecule has 0 saturated heterocycles. The molecular formula is C22H51N3OSi. The Labute approximate surface area is 172 Å². The molecule has 0 unspecified atom stereocenters. The van der Waals surface area contributed by atoms with Gasteiger partial charge >= 0.3 is 0 Å². The summed E-state index contributed by atoms with van der Waals surface area (Å²) in [4.78, 5) is 7.98. The number of hydrogen-bond donors (Lipinski definition) is 0. The zero-order chi connectivity index (χ0) is 20.5. The van der Waals surface area contributed by atoms with Gasteiger partial charge in [0.05, 0.1) is 0 Å². The summed E-state index contributed by atoms with van der Waals surface area (Å²) < 4.78 is 5.85. The van der Waals surface area contributed by atoms with Crippen LogP contribution in [-0.4, -0.2) is 88.7 Å². The van der Waals surface area contributed by atoms with Crippen LogP contribution in [0.4, 0.5) is 0 Å².